The van der Waals surface area contributed by atoms with Crippen LogP contribution in [0.2, 0.25) is 0 Å². The van der Waals surface area contributed by atoms with E-state index in [1.54, 1.807) is 25.2 Å². The molecule has 90 valence electrons. The molecule has 6 heteroatoms. The fraction of sp³-hybridized carbons (Fsp3) is 0.364. The third-order valence-corrected chi connectivity index (χ3v) is 2.23. The van der Waals surface area contributed by atoms with Gasteiger partial charge in [0.2, 0.25) is 0 Å². The van der Waals surface area contributed by atoms with Gasteiger partial charge in [-0.3, -0.25) is 10.1 Å². The fourth-order valence-electron chi connectivity index (χ4n) is 1.29. The summed E-state index contributed by atoms with van der Waals surface area (Å²) in [6.45, 7) is 0.254. The SMILES string of the molecule is CNC(C#N)CCOc1ccccc1[N+](=O)[O-]. The van der Waals surface area contributed by atoms with Gasteiger partial charge in [-0.15, -0.1) is 0 Å². The van der Waals surface area contributed by atoms with Crippen LogP contribution >= 0.6 is 0 Å². The van der Waals surface area contributed by atoms with Gasteiger partial charge >= 0.3 is 5.69 Å². The quantitative estimate of drug-likeness (QED) is 0.595. The largest absolute Gasteiger partial charge is 0.487 e. The maximum Gasteiger partial charge on any atom is 0.310 e. The average Bonchev–Trinajstić information content (AvgIpc) is 2.35. The third kappa shape index (κ3) is 3.74. The number of ether oxygens (including phenoxy) is 1. The molecule has 1 aromatic rings. The molecular formula is C11H13N3O3. The van der Waals surface area contributed by atoms with E-state index in [4.69, 9.17) is 10.00 Å². The Morgan fingerprint density at radius 3 is 2.88 bits per heavy atom. The summed E-state index contributed by atoms with van der Waals surface area (Å²) in [5.41, 5.74) is -0.0644. The molecule has 1 aromatic carbocycles. The van der Waals surface area contributed by atoms with Crippen LogP contribution in [-0.4, -0.2) is 24.6 Å². The van der Waals surface area contributed by atoms with Crippen LogP contribution in [0.4, 0.5) is 5.69 Å². The minimum Gasteiger partial charge on any atom is -0.487 e. The molecule has 0 aliphatic heterocycles. The lowest BCUT2D eigenvalue weighted by atomic mass is 10.2. The summed E-state index contributed by atoms with van der Waals surface area (Å²) in [6, 6.07) is 7.92. The maximum absolute atomic E-state index is 10.7. The first-order valence-electron chi connectivity index (χ1n) is 5.12. The molecule has 0 bridgehead atoms. The van der Waals surface area contributed by atoms with Crippen LogP contribution in [0, 0.1) is 21.4 Å². The molecule has 1 unspecified atom stereocenters. The molecule has 1 N–H and O–H groups in total. The zero-order chi connectivity index (χ0) is 12.7. The van der Waals surface area contributed by atoms with Crippen LogP contribution in [0.1, 0.15) is 6.42 Å². The van der Waals surface area contributed by atoms with Crippen molar-refractivity contribution in [1.82, 2.24) is 5.32 Å². The highest BCUT2D eigenvalue weighted by molar-refractivity contribution is 5.45. The number of nitriles is 1. The molecule has 0 aliphatic rings. The van der Waals surface area contributed by atoms with Crippen LogP contribution in [-0.2, 0) is 0 Å². The summed E-state index contributed by atoms with van der Waals surface area (Å²) >= 11 is 0. The predicted molar refractivity (Wildman–Crippen MR) is 61.7 cm³/mol. The number of hydrogen-bond acceptors (Lipinski definition) is 5. The molecule has 0 fully saturated rings. The van der Waals surface area contributed by atoms with Gasteiger partial charge < -0.3 is 10.1 Å². The molecule has 0 radical (unpaired) electrons. The lowest BCUT2D eigenvalue weighted by Gasteiger charge is -2.09. The number of rotatable bonds is 6. The molecule has 0 aromatic heterocycles. The number of hydrogen-bond donors (Lipinski definition) is 1. The van der Waals surface area contributed by atoms with Crippen LogP contribution in [0.5, 0.6) is 5.75 Å². The molecular weight excluding hydrogens is 222 g/mol. The zero-order valence-corrected chi connectivity index (χ0v) is 9.42. The van der Waals surface area contributed by atoms with Crippen molar-refractivity contribution in [2.75, 3.05) is 13.7 Å². The van der Waals surface area contributed by atoms with Gasteiger partial charge in [0.1, 0.15) is 0 Å². The van der Waals surface area contributed by atoms with E-state index in [1.165, 1.54) is 6.07 Å². The second kappa shape index (κ2) is 6.45. The van der Waals surface area contributed by atoms with E-state index in [9.17, 15) is 10.1 Å². The Labute approximate surface area is 99.0 Å². The fourth-order valence-corrected chi connectivity index (χ4v) is 1.29. The summed E-state index contributed by atoms with van der Waals surface area (Å²) in [5, 5.41) is 22.2. The molecule has 0 saturated heterocycles. The summed E-state index contributed by atoms with van der Waals surface area (Å²) in [6.07, 6.45) is 0.471. The first-order chi connectivity index (χ1) is 8.19. The van der Waals surface area contributed by atoms with Gasteiger partial charge in [-0.2, -0.15) is 5.26 Å². The Bertz CT molecular complexity index is 428. The second-order valence-electron chi connectivity index (χ2n) is 3.33. The molecule has 17 heavy (non-hydrogen) atoms. The Balaban J connectivity index is 2.58. The highest BCUT2D eigenvalue weighted by atomic mass is 16.6. The lowest BCUT2D eigenvalue weighted by Crippen LogP contribution is -2.25. The van der Waals surface area contributed by atoms with Crippen molar-refractivity contribution in [2.45, 2.75) is 12.5 Å². The standard InChI is InChI=1S/C11H13N3O3/c1-13-9(8-12)6-7-17-11-5-3-2-4-10(11)14(15)16/h2-5,9,13H,6-7H2,1H3. The van der Waals surface area contributed by atoms with Crippen molar-refractivity contribution in [1.29, 1.82) is 5.26 Å². The van der Waals surface area contributed by atoms with Gasteiger partial charge in [-0.25, -0.2) is 0 Å². The maximum atomic E-state index is 10.7. The van der Waals surface area contributed by atoms with Crippen molar-refractivity contribution in [3.63, 3.8) is 0 Å². The number of nitro groups is 1. The Morgan fingerprint density at radius 1 is 1.59 bits per heavy atom. The van der Waals surface area contributed by atoms with E-state index >= 15 is 0 Å². The molecule has 0 spiro atoms. The minimum atomic E-state index is -0.491. The Hall–Kier alpha value is -2.13. The van der Waals surface area contributed by atoms with Crippen molar-refractivity contribution >= 4 is 5.69 Å². The number of nitrogens with zero attached hydrogens (tertiary/aromatic N) is 2. The zero-order valence-electron chi connectivity index (χ0n) is 9.42. The van der Waals surface area contributed by atoms with Gasteiger partial charge in [0, 0.05) is 12.5 Å². The van der Waals surface area contributed by atoms with E-state index < -0.39 is 4.92 Å². The van der Waals surface area contributed by atoms with E-state index in [2.05, 4.69) is 11.4 Å². The number of nitrogens with one attached hydrogen (secondary N) is 1. The van der Waals surface area contributed by atoms with E-state index in [1.807, 2.05) is 0 Å². The second-order valence-corrected chi connectivity index (χ2v) is 3.33. The summed E-state index contributed by atoms with van der Waals surface area (Å²) in [5.74, 6) is 0.227. The highest BCUT2D eigenvalue weighted by Crippen LogP contribution is 2.25. The van der Waals surface area contributed by atoms with Crippen LogP contribution < -0.4 is 10.1 Å². The first kappa shape index (κ1) is 12.9. The molecule has 1 rings (SSSR count). The van der Waals surface area contributed by atoms with E-state index in [0.717, 1.165) is 0 Å². The highest BCUT2D eigenvalue weighted by Gasteiger charge is 2.13. The monoisotopic (exact) mass is 235 g/mol. The molecule has 1 atom stereocenters. The smallest absolute Gasteiger partial charge is 0.310 e. The predicted octanol–water partition coefficient (Wildman–Crippen LogP) is 1.48. The van der Waals surface area contributed by atoms with Gasteiger partial charge in [-0.05, 0) is 13.1 Å². The van der Waals surface area contributed by atoms with Crippen molar-refractivity contribution in [3.05, 3.63) is 34.4 Å². The average molecular weight is 235 g/mol. The van der Waals surface area contributed by atoms with Crippen LogP contribution in [0.25, 0.3) is 0 Å². The summed E-state index contributed by atoms with van der Waals surface area (Å²) < 4.78 is 5.30. The normalized spacial score (nSPS) is 11.5. The summed E-state index contributed by atoms with van der Waals surface area (Å²) in [7, 11) is 1.68. The van der Waals surface area contributed by atoms with Crippen molar-refractivity contribution in [3.8, 4) is 11.8 Å². The molecule has 0 amide bonds. The van der Waals surface area contributed by atoms with Crippen LogP contribution in [0.15, 0.2) is 24.3 Å². The lowest BCUT2D eigenvalue weighted by molar-refractivity contribution is -0.385. The van der Waals surface area contributed by atoms with Crippen LogP contribution in [0.3, 0.4) is 0 Å². The van der Waals surface area contributed by atoms with E-state index in [0.29, 0.717) is 6.42 Å². The number of para-hydroxylation sites is 2. The van der Waals surface area contributed by atoms with Gasteiger partial charge in [0.25, 0.3) is 0 Å². The van der Waals surface area contributed by atoms with Crippen molar-refractivity contribution < 1.29 is 9.66 Å². The third-order valence-electron chi connectivity index (χ3n) is 2.23. The Morgan fingerprint density at radius 2 is 2.29 bits per heavy atom. The molecule has 6 nitrogen and oxygen atoms in total. The number of benzene rings is 1. The first-order valence-corrected chi connectivity index (χ1v) is 5.12. The molecule has 0 heterocycles. The molecule has 0 aliphatic carbocycles. The van der Waals surface area contributed by atoms with Gasteiger partial charge in [-0.1, -0.05) is 12.1 Å². The topological polar surface area (TPSA) is 88.2 Å². The van der Waals surface area contributed by atoms with Crippen molar-refractivity contribution in [2.24, 2.45) is 0 Å². The minimum absolute atomic E-state index is 0.0644. The molecule has 0 saturated carbocycles. The number of nitro benzene ring substituents is 1. The van der Waals surface area contributed by atoms with Gasteiger partial charge in [0.15, 0.2) is 5.75 Å². The Kier molecular flexibility index (Phi) is 4.91. The summed E-state index contributed by atoms with van der Waals surface area (Å²) in [4.78, 5) is 10.2. The van der Waals surface area contributed by atoms with E-state index in [-0.39, 0.29) is 24.1 Å². The van der Waals surface area contributed by atoms with Gasteiger partial charge in [0.05, 0.1) is 23.6 Å².